The molecule has 0 radical (unpaired) electrons. The van der Waals surface area contributed by atoms with Gasteiger partial charge < -0.3 is 14.4 Å². The molecular formula is C24H35FN2O5S. The molecule has 7 nitrogen and oxygen atoms in total. The van der Waals surface area contributed by atoms with E-state index < -0.39 is 15.7 Å². The van der Waals surface area contributed by atoms with E-state index in [0.717, 1.165) is 70.4 Å². The Morgan fingerprint density at radius 2 is 1.79 bits per heavy atom. The van der Waals surface area contributed by atoms with Gasteiger partial charge in [-0.2, -0.15) is 0 Å². The fraction of sp³-hybridized carbons (Fsp3) is 0.708. The first-order chi connectivity index (χ1) is 15.6. The molecule has 0 bridgehead atoms. The third kappa shape index (κ3) is 5.98. The van der Waals surface area contributed by atoms with Crippen molar-refractivity contribution in [1.82, 2.24) is 9.80 Å². The highest BCUT2D eigenvalue weighted by atomic mass is 32.2. The molecule has 4 rings (SSSR count). The molecule has 3 fully saturated rings. The lowest BCUT2D eigenvalue weighted by molar-refractivity contribution is -0.0535. The summed E-state index contributed by atoms with van der Waals surface area (Å²) >= 11 is 0. The maximum absolute atomic E-state index is 14.2. The zero-order chi connectivity index (χ0) is 23.6. The van der Waals surface area contributed by atoms with Crippen LogP contribution < -0.4 is 4.74 Å². The summed E-state index contributed by atoms with van der Waals surface area (Å²) in [4.78, 5) is 16.7. The minimum atomic E-state index is -3.44. The van der Waals surface area contributed by atoms with Gasteiger partial charge in [0.05, 0.1) is 11.5 Å². The van der Waals surface area contributed by atoms with Crippen molar-refractivity contribution < 1.29 is 27.1 Å². The number of piperazine rings is 1. The van der Waals surface area contributed by atoms with Gasteiger partial charge in [0.15, 0.2) is 21.4 Å². The molecule has 1 aromatic rings. The molecule has 9 heteroatoms. The number of benzene rings is 1. The summed E-state index contributed by atoms with van der Waals surface area (Å²) in [6, 6.07) is 4.30. The number of rotatable bonds is 6. The molecule has 1 amide bonds. The van der Waals surface area contributed by atoms with E-state index in [1.54, 1.807) is 0 Å². The van der Waals surface area contributed by atoms with Crippen molar-refractivity contribution in [3.63, 3.8) is 0 Å². The Hall–Kier alpha value is -1.87. The van der Waals surface area contributed by atoms with Crippen LogP contribution in [0.5, 0.6) is 5.75 Å². The lowest BCUT2D eigenvalue weighted by atomic mass is 9.82. The van der Waals surface area contributed by atoms with E-state index in [1.807, 2.05) is 11.8 Å². The predicted octanol–water partition coefficient (Wildman–Crippen LogP) is 3.86. The maximum Gasteiger partial charge on any atom is 0.410 e. The van der Waals surface area contributed by atoms with E-state index in [0.29, 0.717) is 31.7 Å². The second-order valence-electron chi connectivity index (χ2n) is 10.0. The summed E-state index contributed by atoms with van der Waals surface area (Å²) in [6.07, 6.45) is 8.08. The van der Waals surface area contributed by atoms with Gasteiger partial charge in [0, 0.05) is 38.5 Å². The lowest BCUT2D eigenvalue weighted by Crippen LogP contribution is -2.54. The standard InChI is InChI=1S/C24H35FN2O5S/c1-24(10-3-11-24)32-23(28)27-14-12-26(13-15-27)19-6-4-18(5-7-19)17-31-22-9-8-20(16-21(22)25)33(2,29)30/h8-9,16,18-19H,3-7,10-15,17H2,1-2H3. The molecule has 3 aliphatic rings. The van der Waals surface area contributed by atoms with E-state index in [-0.39, 0.29) is 22.3 Å². The minimum Gasteiger partial charge on any atom is -0.490 e. The number of nitrogens with zero attached hydrogens (tertiary/aromatic N) is 2. The molecule has 0 N–H and O–H groups in total. The van der Waals surface area contributed by atoms with E-state index in [1.165, 1.54) is 12.1 Å². The minimum absolute atomic E-state index is 0.0431. The van der Waals surface area contributed by atoms with Crippen LogP contribution in [-0.4, -0.2) is 75.0 Å². The van der Waals surface area contributed by atoms with E-state index >= 15 is 0 Å². The zero-order valence-corrected chi connectivity index (χ0v) is 20.4. The van der Waals surface area contributed by atoms with Crippen LogP contribution in [0.15, 0.2) is 23.1 Å². The van der Waals surface area contributed by atoms with Crippen LogP contribution in [-0.2, 0) is 14.6 Å². The van der Waals surface area contributed by atoms with E-state index in [4.69, 9.17) is 9.47 Å². The van der Waals surface area contributed by atoms with Crippen molar-refractivity contribution in [2.75, 3.05) is 39.0 Å². The molecule has 184 valence electrons. The molecule has 0 spiro atoms. The van der Waals surface area contributed by atoms with E-state index in [9.17, 15) is 17.6 Å². The number of hydrogen-bond donors (Lipinski definition) is 0. The summed E-state index contributed by atoms with van der Waals surface area (Å²) < 4.78 is 48.7. The average molecular weight is 483 g/mol. The van der Waals surface area contributed by atoms with Crippen LogP contribution in [0.1, 0.15) is 51.9 Å². The fourth-order valence-electron chi connectivity index (χ4n) is 5.04. The molecule has 1 heterocycles. The van der Waals surface area contributed by atoms with Gasteiger partial charge >= 0.3 is 6.09 Å². The van der Waals surface area contributed by atoms with Crippen molar-refractivity contribution in [3.05, 3.63) is 24.0 Å². The largest absolute Gasteiger partial charge is 0.490 e. The quantitative estimate of drug-likeness (QED) is 0.613. The van der Waals surface area contributed by atoms with Crippen LogP contribution in [0.3, 0.4) is 0 Å². The topological polar surface area (TPSA) is 76.2 Å². The smallest absolute Gasteiger partial charge is 0.410 e. The number of halogens is 1. The van der Waals surface area contributed by atoms with Crippen LogP contribution >= 0.6 is 0 Å². The number of amides is 1. The highest BCUT2D eigenvalue weighted by molar-refractivity contribution is 7.90. The van der Waals surface area contributed by atoms with E-state index in [2.05, 4.69) is 4.90 Å². The van der Waals surface area contributed by atoms with Crippen LogP contribution in [0, 0.1) is 11.7 Å². The molecule has 0 atom stereocenters. The van der Waals surface area contributed by atoms with Crippen LogP contribution in [0.4, 0.5) is 9.18 Å². The highest BCUT2D eigenvalue weighted by Gasteiger charge is 2.38. The average Bonchev–Trinajstić information content (AvgIpc) is 2.77. The SMILES string of the molecule is CC1(OC(=O)N2CCN(C3CCC(COc4ccc(S(C)(=O)=O)cc4F)CC3)CC2)CCC1. The summed E-state index contributed by atoms with van der Waals surface area (Å²) in [5.74, 6) is -0.188. The van der Waals surface area contributed by atoms with Gasteiger partial charge in [-0.25, -0.2) is 17.6 Å². The van der Waals surface area contributed by atoms with Gasteiger partial charge in [0.25, 0.3) is 0 Å². The summed E-state index contributed by atoms with van der Waals surface area (Å²) in [5, 5.41) is 0. The van der Waals surface area contributed by atoms with Crippen molar-refractivity contribution in [1.29, 1.82) is 0 Å². The Balaban J connectivity index is 1.18. The molecule has 33 heavy (non-hydrogen) atoms. The number of carbonyl (C=O) groups excluding carboxylic acids is 1. The third-order valence-electron chi connectivity index (χ3n) is 7.46. The van der Waals surface area contributed by atoms with Gasteiger partial charge in [-0.15, -0.1) is 0 Å². The summed E-state index contributed by atoms with van der Waals surface area (Å²) in [6.45, 7) is 5.61. The Labute approximate surface area is 196 Å². The maximum atomic E-state index is 14.2. The molecule has 0 unspecified atom stereocenters. The van der Waals surface area contributed by atoms with Crippen molar-refractivity contribution in [3.8, 4) is 5.75 Å². The van der Waals surface area contributed by atoms with Gasteiger partial charge in [-0.3, -0.25) is 4.90 Å². The first kappa shape index (κ1) is 24.3. The van der Waals surface area contributed by atoms with Gasteiger partial charge in [-0.05, 0) is 76.0 Å². The second-order valence-corrected chi connectivity index (χ2v) is 12.1. The summed E-state index contributed by atoms with van der Waals surface area (Å²) in [5.41, 5.74) is -0.257. The van der Waals surface area contributed by atoms with Crippen molar-refractivity contribution >= 4 is 15.9 Å². The van der Waals surface area contributed by atoms with Gasteiger partial charge in [0.1, 0.15) is 5.60 Å². The third-order valence-corrected chi connectivity index (χ3v) is 8.57. The second kappa shape index (κ2) is 9.78. The van der Waals surface area contributed by atoms with Crippen LogP contribution in [0.2, 0.25) is 0 Å². The number of ether oxygens (including phenoxy) is 2. The molecule has 2 saturated carbocycles. The molecule has 1 saturated heterocycles. The van der Waals surface area contributed by atoms with Gasteiger partial charge in [-0.1, -0.05) is 0 Å². The number of carbonyl (C=O) groups is 1. The fourth-order valence-corrected chi connectivity index (χ4v) is 5.67. The zero-order valence-electron chi connectivity index (χ0n) is 19.6. The Morgan fingerprint density at radius 1 is 1.12 bits per heavy atom. The monoisotopic (exact) mass is 482 g/mol. The molecule has 2 aliphatic carbocycles. The number of sulfone groups is 1. The molecule has 0 aromatic heterocycles. The summed E-state index contributed by atoms with van der Waals surface area (Å²) in [7, 11) is -3.44. The number of hydrogen-bond acceptors (Lipinski definition) is 6. The van der Waals surface area contributed by atoms with Crippen molar-refractivity contribution in [2.24, 2.45) is 5.92 Å². The van der Waals surface area contributed by atoms with Crippen LogP contribution in [0.25, 0.3) is 0 Å². The first-order valence-electron chi connectivity index (χ1n) is 12.0. The molecule has 1 aliphatic heterocycles. The highest BCUT2D eigenvalue weighted by Crippen LogP contribution is 2.35. The van der Waals surface area contributed by atoms with Gasteiger partial charge in [0.2, 0.25) is 0 Å². The van der Waals surface area contributed by atoms with Crippen molar-refractivity contribution in [2.45, 2.75) is 68.4 Å². The normalized spacial score (nSPS) is 25.8. The first-order valence-corrected chi connectivity index (χ1v) is 13.9. The molecular weight excluding hydrogens is 447 g/mol. The lowest BCUT2D eigenvalue weighted by Gasteiger charge is -2.43. The Morgan fingerprint density at radius 3 is 2.33 bits per heavy atom. The Kier molecular flexibility index (Phi) is 7.19. The predicted molar refractivity (Wildman–Crippen MR) is 123 cm³/mol. The molecule has 1 aromatic carbocycles. The Bertz CT molecular complexity index is 950.